The van der Waals surface area contributed by atoms with Crippen molar-refractivity contribution in [2.45, 2.75) is 110 Å². The first-order chi connectivity index (χ1) is 29.3. The summed E-state index contributed by atoms with van der Waals surface area (Å²) in [5, 5.41) is 46.0. The van der Waals surface area contributed by atoms with Crippen LogP contribution in [0.15, 0.2) is 59.5 Å². The average molecular weight is 854 g/mol. The Balaban J connectivity index is 0.967. The molecule has 3 aromatic heterocycles. The number of anilines is 2. The number of aliphatic hydroxyl groups is 2. The number of carbonyl (C=O) groups is 1. The smallest absolute Gasteiger partial charge is 0.355 e. The first-order valence-corrected chi connectivity index (χ1v) is 22.9. The Morgan fingerprint density at radius 3 is 2.54 bits per heavy atom. The molecule has 1 aliphatic heterocycles. The number of para-hydroxylation sites is 1. The van der Waals surface area contributed by atoms with Crippen molar-refractivity contribution in [2.75, 3.05) is 49.7 Å². The molecule has 5 aliphatic rings. The van der Waals surface area contributed by atoms with Gasteiger partial charge in [-0.05, 0) is 125 Å². The number of benzene rings is 1. The predicted molar refractivity (Wildman–Crippen MR) is 238 cm³/mol. The molecule has 6 N–H and O–H groups in total. The molecule has 15 heteroatoms. The van der Waals surface area contributed by atoms with Crippen LogP contribution < -0.4 is 15.5 Å². The summed E-state index contributed by atoms with van der Waals surface area (Å²) in [5.74, 6) is -0.725. The number of piperidine rings is 1. The largest absolute Gasteiger partial charge is 0.476 e. The fourth-order valence-electron chi connectivity index (χ4n) is 12.6. The SMILES string of the molecule is C/C(=C\Nc1nc2ccccc2s1)C1CCCN(c2ccc(-c3cnn(CC45CC6(C)CC(C)(C4)CC(OCCNCCCC(CO)CO)(C6)C5)c3C)c(C(=O)O)n2)C1N=N. The van der Waals surface area contributed by atoms with Crippen LogP contribution in [0.3, 0.4) is 0 Å². The first kappa shape index (κ1) is 43.4. The fraction of sp³-hybridized carbons (Fsp3) is 0.609. The van der Waals surface area contributed by atoms with Gasteiger partial charge in [0.25, 0.3) is 0 Å². The minimum absolute atomic E-state index is 0.0110. The number of rotatable bonds is 19. The van der Waals surface area contributed by atoms with Crippen LogP contribution in [0.25, 0.3) is 21.3 Å². The number of carboxylic acid groups (broad SMARTS) is 1. The van der Waals surface area contributed by atoms with Crippen molar-refractivity contribution in [3.63, 3.8) is 0 Å². The standard InChI is InChI=1S/C46H63N9O5S/c1-30(19-49-42-51-36-11-5-6-12-37(36)61-42)33-10-8-17-54(40(33)53-47)38-14-13-34(39(52-38)41(58)59)35-20-50-55(31(35)2)29-45-24-43(3)23-44(4,25-45)27-46(26-43,28-45)60-18-16-48-15-7-9-32(21-56)22-57/h5-6,11-14,19-20,32-33,40,47-48,56-57H,7-10,15-18,21-29H2,1-4H3,(H,49,51)(H,58,59)/b30-19+,53-47?. The lowest BCUT2D eigenvalue weighted by Gasteiger charge is -2.69. The van der Waals surface area contributed by atoms with Crippen molar-refractivity contribution < 1.29 is 24.9 Å². The number of nitrogens with one attached hydrogen (secondary N) is 3. The number of aromatic carboxylic acids is 1. The summed E-state index contributed by atoms with van der Waals surface area (Å²) in [6, 6.07) is 11.8. The van der Waals surface area contributed by atoms with Gasteiger partial charge >= 0.3 is 5.97 Å². The van der Waals surface area contributed by atoms with Crippen LogP contribution >= 0.6 is 11.3 Å². The number of carboxylic acids is 1. The van der Waals surface area contributed by atoms with E-state index in [1.54, 1.807) is 17.5 Å². The van der Waals surface area contributed by atoms with Crippen molar-refractivity contribution in [3.8, 4) is 11.1 Å². The molecular weight excluding hydrogens is 791 g/mol. The molecule has 5 fully saturated rings. The van der Waals surface area contributed by atoms with Gasteiger partial charge in [-0.25, -0.2) is 20.3 Å². The van der Waals surface area contributed by atoms with Crippen LogP contribution in [-0.2, 0) is 11.3 Å². The Bertz CT molecular complexity index is 2200. The molecule has 0 radical (unpaired) electrons. The van der Waals surface area contributed by atoms with Gasteiger partial charge in [0.15, 0.2) is 10.8 Å². The van der Waals surface area contributed by atoms with Gasteiger partial charge in [-0.3, -0.25) is 4.68 Å². The number of ether oxygens (including phenoxy) is 1. The van der Waals surface area contributed by atoms with Crippen molar-refractivity contribution in [2.24, 2.45) is 33.2 Å². The number of thiazole rings is 1. The molecule has 4 aromatic rings. The number of aromatic nitrogens is 4. The summed E-state index contributed by atoms with van der Waals surface area (Å²) in [5.41, 5.74) is 12.6. The van der Waals surface area contributed by atoms with E-state index in [0.717, 1.165) is 110 Å². The van der Waals surface area contributed by atoms with Gasteiger partial charge in [-0.15, -0.1) is 0 Å². The molecule has 4 heterocycles. The second kappa shape index (κ2) is 17.5. The van der Waals surface area contributed by atoms with Crippen LogP contribution in [0.1, 0.15) is 101 Å². The zero-order chi connectivity index (χ0) is 43.0. The molecule has 4 atom stereocenters. The first-order valence-electron chi connectivity index (χ1n) is 22.0. The third kappa shape index (κ3) is 8.99. The maximum Gasteiger partial charge on any atom is 0.355 e. The van der Waals surface area contributed by atoms with Crippen molar-refractivity contribution >= 4 is 38.5 Å². The van der Waals surface area contributed by atoms with Gasteiger partial charge in [0.2, 0.25) is 0 Å². The maximum atomic E-state index is 12.9. The minimum Gasteiger partial charge on any atom is -0.476 e. The molecule has 0 spiro atoms. The maximum absolute atomic E-state index is 12.9. The molecule has 1 aromatic carbocycles. The zero-order valence-corrected chi connectivity index (χ0v) is 36.9. The highest BCUT2D eigenvalue weighted by atomic mass is 32.1. The van der Waals surface area contributed by atoms with Crippen LogP contribution in [0.2, 0.25) is 0 Å². The number of hydrogen-bond donors (Lipinski definition) is 6. The van der Waals surface area contributed by atoms with E-state index >= 15 is 0 Å². The molecule has 4 bridgehead atoms. The van der Waals surface area contributed by atoms with Gasteiger partial charge in [-0.2, -0.15) is 10.2 Å². The zero-order valence-electron chi connectivity index (χ0n) is 36.1. The van der Waals surface area contributed by atoms with Crippen LogP contribution in [0.5, 0.6) is 0 Å². The Morgan fingerprint density at radius 1 is 1.05 bits per heavy atom. The Labute approximate surface area is 362 Å². The summed E-state index contributed by atoms with van der Waals surface area (Å²) in [6.45, 7) is 12.6. The monoisotopic (exact) mass is 853 g/mol. The number of aliphatic hydroxyl groups excluding tert-OH is 2. The number of fused-ring (bicyclic) bond motifs is 1. The molecule has 1 saturated heterocycles. The van der Waals surface area contributed by atoms with E-state index in [1.165, 1.54) is 6.42 Å². The van der Waals surface area contributed by atoms with Crippen LogP contribution in [-0.4, -0.2) is 92.3 Å². The molecule has 61 heavy (non-hydrogen) atoms. The third-order valence-corrected chi connectivity index (χ3v) is 15.1. The van der Waals surface area contributed by atoms with E-state index in [9.17, 15) is 20.1 Å². The van der Waals surface area contributed by atoms with Crippen molar-refractivity contribution in [1.29, 1.82) is 5.53 Å². The summed E-state index contributed by atoms with van der Waals surface area (Å²) in [4.78, 5) is 24.4. The number of pyridine rings is 1. The van der Waals surface area contributed by atoms with E-state index in [2.05, 4.69) is 45.3 Å². The van der Waals surface area contributed by atoms with Crippen LogP contribution in [0.4, 0.5) is 10.9 Å². The third-order valence-electron chi connectivity index (χ3n) is 14.1. The molecule has 0 amide bonds. The summed E-state index contributed by atoms with van der Waals surface area (Å²) >= 11 is 1.59. The van der Waals surface area contributed by atoms with Gasteiger partial charge in [0, 0.05) is 67.7 Å². The quantitative estimate of drug-likeness (QED) is 0.0393. The highest BCUT2D eigenvalue weighted by Gasteiger charge is 2.66. The Hall–Kier alpha value is -4.28. The second-order valence-electron chi connectivity index (χ2n) is 19.5. The lowest BCUT2D eigenvalue weighted by Crippen LogP contribution is -2.64. The molecule has 328 valence electrons. The van der Waals surface area contributed by atoms with E-state index in [0.29, 0.717) is 24.5 Å². The molecule has 14 nitrogen and oxygen atoms in total. The van der Waals surface area contributed by atoms with Gasteiger partial charge in [0.1, 0.15) is 12.0 Å². The Morgan fingerprint density at radius 2 is 1.82 bits per heavy atom. The number of hydrogen-bond acceptors (Lipinski definition) is 13. The number of nitrogens with zero attached hydrogens (tertiary/aromatic N) is 6. The predicted octanol–water partition coefficient (Wildman–Crippen LogP) is 8.26. The van der Waals surface area contributed by atoms with E-state index in [4.69, 9.17) is 20.4 Å². The van der Waals surface area contributed by atoms with E-state index in [-0.39, 0.29) is 52.6 Å². The molecule has 9 rings (SSSR count). The molecule has 4 aliphatic carbocycles. The molecule has 4 unspecified atom stereocenters. The minimum atomic E-state index is -1.11. The second-order valence-corrected chi connectivity index (χ2v) is 20.5. The summed E-state index contributed by atoms with van der Waals surface area (Å²) in [6.07, 6.45) is 13.2. The Kier molecular flexibility index (Phi) is 12.4. The fourth-order valence-corrected chi connectivity index (χ4v) is 13.5. The average Bonchev–Trinajstić information content (AvgIpc) is 3.81. The molecule has 4 saturated carbocycles. The van der Waals surface area contributed by atoms with E-state index < -0.39 is 12.1 Å². The van der Waals surface area contributed by atoms with Gasteiger partial charge < -0.3 is 35.6 Å². The highest BCUT2D eigenvalue weighted by Crippen LogP contribution is 2.72. The van der Waals surface area contributed by atoms with Crippen molar-refractivity contribution in [3.05, 3.63) is 65.8 Å². The summed E-state index contributed by atoms with van der Waals surface area (Å²) < 4.78 is 10.1. The molecular formula is C46H63N9O5S. The van der Waals surface area contributed by atoms with E-state index in [1.807, 2.05) is 55.3 Å². The van der Waals surface area contributed by atoms with Crippen LogP contribution in [0, 0.1) is 40.5 Å². The summed E-state index contributed by atoms with van der Waals surface area (Å²) in [7, 11) is 0. The normalized spacial score (nSPS) is 28.6. The van der Waals surface area contributed by atoms with Gasteiger partial charge in [-0.1, -0.05) is 42.9 Å². The topological polar surface area (TPSA) is 194 Å². The van der Waals surface area contributed by atoms with Gasteiger partial charge in [0.05, 0.1) is 28.6 Å². The lowest BCUT2D eigenvalue weighted by molar-refractivity contribution is -0.247. The lowest BCUT2D eigenvalue weighted by atomic mass is 9.39. The highest BCUT2D eigenvalue weighted by molar-refractivity contribution is 7.22. The van der Waals surface area contributed by atoms with Crippen molar-refractivity contribution in [1.82, 2.24) is 25.1 Å².